The van der Waals surface area contributed by atoms with Crippen molar-refractivity contribution in [3.8, 4) is 0 Å². The summed E-state index contributed by atoms with van der Waals surface area (Å²) in [7, 11) is 0. The summed E-state index contributed by atoms with van der Waals surface area (Å²) in [5.41, 5.74) is 1.57. The maximum atomic E-state index is 10.9. The number of aliphatic carboxylic acids is 1. The van der Waals surface area contributed by atoms with Crippen molar-refractivity contribution in [2.24, 2.45) is 0 Å². The van der Waals surface area contributed by atoms with Gasteiger partial charge in [0.05, 0.1) is 4.92 Å². The highest BCUT2D eigenvalue weighted by atomic mass is 32.2. The predicted molar refractivity (Wildman–Crippen MR) is 85.1 cm³/mol. The average molecular weight is 315 g/mol. The highest BCUT2D eigenvalue weighted by molar-refractivity contribution is 7.99. The molecule has 6 heteroatoms. The van der Waals surface area contributed by atoms with Gasteiger partial charge >= 0.3 is 5.97 Å². The Kier molecular flexibility index (Phi) is 4.95. The number of carbonyl (C=O) groups is 1. The highest BCUT2D eigenvalue weighted by Gasteiger charge is 2.10. The molecule has 2 rings (SSSR count). The molecule has 0 atom stereocenters. The van der Waals surface area contributed by atoms with Crippen molar-refractivity contribution in [3.05, 3.63) is 69.8 Å². The van der Waals surface area contributed by atoms with E-state index in [1.165, 1.54) is 30.0 Å². The highest BCUT2D eigenvalue weighted by Crippen LogP contribution is 2.33. The number of nitro groups is 1. The van der Waals surface area contributed by atoms with Gasteiger partial charge in [0.2, 0.25) is 0 Å². The number of benzene rings is 2. The molecule has 5 nitrogen and oxygen atoms in total. The van der Waals surface area contributed by atoms with Gasteiger partial charge in [0.1, 0.15) is 0 Å². The zero-order chi connectivity index (χ0) is 16.1. The van der Waals surface area contributed by atoms with E-state index in [1.807, 2.05) is 31.2 Å². The van der Waals surface area contributed by atoms with Crippen LogP contribution < -0.4 is 0 Å². The third-order valence-corrected chi connectivity index (χ3v) is 3.96. The minimum absolute atomic E-state index is 0.0710. The zero-order valence-electron chi connectivity index (χ0n) is 11.7. The number of hydrogen-bond donors (Lipinski definition) is 1. The summed E-state index contributed by atoms with van der Waals surface area (Å²) in [6.45, 7) is 1.99. The van der Waals surface area contributed by atoms with Crippen LogP contribution in [0.5, 0.6) is 0 Å². The van der Waals surface area contributed by atoms with Crippen molar-refractivity contribution in [1.82, 2.24) is 0 Å². The van der Waals surface area contributed by atoms with Crippen molar-refractivity contribution < 1.29 is 14.8 Å². The van der Waals surface area contributed by atoms with Crippen LogP contribution in [-0.2, 0) is 4.79 Å². The predicted octanol–water partition coefficient (Wildman–Crippen LogP) is 4.15. The molecule has 0 radical (unpaired) electrons. The smallest absolute Gasteiger partial charge is 0.328 e. The lowest BCUT2D eigenvalue weighted by Crippen LogP contribution is -1.91. The molecular formula is C16H13NO4S. The maximum Gasteiger partial charge on any atom is 0.328 e. The molecule has 2 aromatic carbocycles. The van der Waals surface area contributed by atoms with Gasteiger partial charge in [-0.25, -0.2) is 4.79 Å². The van der Waals surface area contributed by atoms with Crippen molar-refractivity contribution in [2.75, 3.05) is 0 Å². The second kappa shape index (κ2) is 6.91. The summed E-state index contributed by atoms with van der Waals surface area (Å²) in [6.07, 6.45) is 2.34. The molecule has 0 fully saturated rings. The average Bonchev–Trinajstić information content (AvgIpc) is 2.48. The van der Waals surface area contributed by atoms with Crippen LogP contribution in [0.1, 0.15) is 11.1 Å². The number of hydrogen-bond acceptors (Lipinski definition) is 4. The Bertz CT molecular complexity index is 738. The van der Waals surface area contributed by atoms with Gasteiger partial charge in [-0.05, 0) is 36.8 Å². The second-order valence-electron chi connectivity index (χ2n) is 4.57. The molecule has 0 heterocycles. The minimum atomic E-state index is -1.10. The quantitative estimate of drug-likeness (QED) is 0.509. The van der Waals surface area contributed by atoms with Crippen LogP contribution in [-0.4, -0.2) is 16.0 Å². The molecule has 0 unspecified atom stereocenters. The van der Waals surface area contributed by atoms with Crippen LogP contribution >= 0.6 is 11.8 Å². The molecule has 2 aromatic rings. The van der Waals surface area contributed by atoms with E-state index in [0.29, 0.717) is 5.56 Å². The van der Waals surface area contributed by atoms with Gasteiger partial charge in [-0.1, -0.05) is 29.5 Å². The standard InChI is InChI=1S/C16H13NO4S/c1-11-2-6-14(7-3-11)22-15-8-5-13(17(20)21)10-12(15)4-9-16(18)19/h2-10H,1H3,(H,18,19)/b9-4-. The second-order valence-corrected chi connectivity index (χ2v) is 5.68. The first-order valence-corrected chi connectivity index (χ1v) is 7.21. The van der Waals surface area contributed by atoms with Crippen LogP contribution in [0, 0.1) is 17.0 Å². The number of non-ortho nitro benzene ring substituents is 1. The Morgan fingerprint density at radius 2 is 1.91 bits per heavy atom. The van der Waals surface area contributed by atoms with Crippen molar-refractivity contribution in [3.63, 3.8) is 0 Å². The van der Waals surface area contributed by atoms with Crippen molar-refractivity contribution in [1.29, 1.82) is 0 Å². The molecule has 0 aliphatic carbocycles. The van der Waals surface area contributed by atoms with E-state index in [2.05, 4.69) is 0 Å². The molecule has 0 aromatic heterocycles. The number of carboxylic acids is 1. The van der Waals surface area contributed by atoms with E-state index >= 15 is 0 Å². The van der Waals surface area contributed by atoms with E-state index < -0.39 is 10.9 Å². The van der Waals surface area contributed by atoms with Gasteiger partial charge in [0.25, 0.3) is 5.69 Å². The fraction of sp³-hybridized carbons (Fsp3) is 0.0625. The SMILES string of the molecule is Cc1ccc(Sc2ccc([N+](=O)[O-])cc2/C=C\C(=O)O)cc1. The van der Waals surface area contributed by atoms with E-state index in [0.717, 1.165) is 21.4 Å². The molecule has 0 spiro atoms. The Labute approximate surface area is 131 Å². The molecular weight excluding hydrogens is 302 g/mol. The van der Waals surface area contributed by atoms with E-state index in [4.69, 9.17) is 5.11 Å². The molecule has 0 amide bonds. The third kappa shape index (κ3) is 4.20. The van der Waals surface area contributed by atoms with Crippen LogP contribution in [0.15, 0.2) is 58.3 Å². The number of nitrogens with zero attached hydrogens (tertiary/aromatic N) is 1. The topological polar surface area (TPSA) is 80.4 Å². The Morgan fingerprint density at radius 3 is 2.50 bits per heavy atom. The van der Waals surface area contributed by atoms with Crippen LogP contribution in [0.3, 0.4) is 0 Å². The third-order valence-electron chi connectivity index (χ3n) is 2.86. The Morgan fingerprint density at radius 1 is 1.23 bits per heavy atom. The summed E-state index contributed by atoms with van der Waals surface area (Å²) in [6, 6.07) is 12.3. The number of aryl methyl sites for hydroxylation is 1. The van der Waals surface area contributed by atoms with E-state index in [1.54, 1.807) is 6.07 Å². The number of nitro benzene ring substituents is 1. The molecule has 22 heavy (non-hydrogen) atoms. The van der Waals surface area contributed by atoms with Gasteiger partial charge in [-0.2, -0.15) is 0 Å². The molecule has 0 saturated heterocycles. The molecule has 0 aliphatic rings. The Balaban J connectivity index is 2.38. The van der Waals surface area contributed by atoms with Crippen LogP contribution in [0.25, 0.3) is 6.08 Å². The number of rotatable bonds is 5. The van der Waals surface area contributed by atoms with Crippen LogP contribution in [0.4, 0.5) is 5.69 Å². The van der Waals surface area contributed by atoms with Crippen molar-refractivity contribution in [2.45, 2.75) is 16.7 Å². The summed E-state index contributed by atoms with van der Waals surface area (Å²) < 4.78 is 0. The van der Waals surface area contributed by atoms with E-state index in [-0.39, 0.29) is 5.69 Å². The fourth-order valence-electron chi connectivity index (χ4n) is 1.77. The molecule has 1 N–H and O–H groups in total. The minimum Gasteiger partial charge on any atom is -0.478 e. The normalized spacial score (nSPS) is 10.8. The first-order chi connectivity index (χ1) is 10.5. The molecule has 0 bridgehead atoms. The first-order valence-electron chi connectivity index (χ1n) is 6.39. The summed E-state index contributed by atoms with van der Waals surface area (Å²) in [5.74, 6) is -1.10. The lowest BCUT2D eigenvalue weighted by atomic mass is 10.2. The molecule has 0 aliphatic heterocycles. The van der Waals surface area contributed by atoms with Gasteiger partial charge < -0.3 is 5.11 Å². The van der Waals surface area contributed by atoms with Crippen molar-refractivity contribution >= 4 is 29.5 Å². The van der Waals surface area contributed by atoms with Crippen LogP contribution in [0.2, 0.25) is 0 Å². The van der Waals surface area contributed by atoms with Gasteiger partial charge in [0.15, 0.2) is 0 Å². The largest absolute Gasteiger partial charge is 0.478 e. The zero-order valence-corrected chi connectivity index (χ0v) is 12.5. The first kappa shape index (κ1) is 15.8. The molecule has 0 saturated carbocycles. The lowest BCUT2D eigenvalue weighted by Gasteiger charge is -2.06. The number of carboxylic acid groups (broad SMARTS) is 1. The lowest BCUT2D eigenvalue weighted by molar-refractivity contribution is -0.384. The van der Waals surface area contributed by atoms with Gasteiger partial charge in [-0.15, -0.1) is 0 Å². The monoisotopic (exact) mass is 315 g/mol. The fourth-order valence-corrected chi connectivity index (χ4v) is 2.67. The van der Waals surface area contributed by atoms with E-state index in [9.17, 15) is 14.9 Å². The maximum absolute atomic E-state index is 10.9. The summed E-state index contributed by atoms with van der Waals surface area (Å²) in [5, 5.41) is 19.6. The Hall–Kier alpha value is -2.60. The van der Waals surface area contributed by atoms with Gasteiger partial charge in [-0.3, -0.25) is 10.1 Å². The molecule has 112 valence electrons. The summed E-state index contributed by atoms with van der Waals surface area (Å²) >= 11 is 1.43. The van der Waals surface area contributed by atoms with Gasteiger partial charge in [0, 0.05) is 28.0 Å². The summed E-state index contributed by atoms with van der Waals surface area (Å²) in [4.78, 5) is 22.8.